The van der Waals surface area contributed by atoms with E-state index in [-0.39, 0.29) is 11.8 Å². The van der Waals surface area contributed by atoms with Crippen LogP contribution in [-0.4, -0.2) is 47.5 Å². The molecule has 0 saturated carbocycles. The Morgan fingerprint density at radius 2 is 1.17 bits per heavy atom. The molecule has 2 fully saturated rings. The molecule has 2 rings (SSSR count). The van der Waals surface area contributed by atoms with Gasteiger partial charge in [0.05, 0.1) is 0 Å². The van der Waals surface area contributed by atoms with Gasteiger partial charge in [-0.2, -0.15) is 0 Å². The Hall–Kier alpha value is -1.42. The number of rotatable bonds is 5. The lowest BCUT2D eigenvalue weighted by Gasteiger charge is -2.08. The first-order chi connectivity index (χ1) is 8.56. The molecule has 2 saturated heterocycles. The van der Waals surface area contributed by atoms with Gasteiger partial charge in [0.25, 0.3) is 11.8 Å². The summed E-state index contributed by atoms with van der Waals surface area (Å²) in [5.74, 6) is 0.120. The van der Waals surface area contributed by atoms with Crippen LogP contribution in [0.1, 0.15) is 0 Å². The highest BCUT2D eigenvalue weighted by Gasteiger charge is 2.31. The van der Waals surface area contributed by atoms with Gasteiger partial charge in [-0.1, -0.05) is 21.6 Å². The molecule has 0 aromatic carbocycles. The molecule has 2 atom stereocenters. The Kier molecular flexibility index (Phi) is 3.97. The number of hydrogen-bond donors (Lipinski definition) is 4. The molecular formula is C8H10N4O4S2. The van der Waals surface area contributed by atoms with Crippen molar-refractivity contribution in [1.29, 1.82) is 0 Å². The van der Waals surface area contributed by atoms with Crippen molar-refractivity contribution in [2.45, 2.75) is 12.1 Å². The van der Waals surface area contributed by atoms with Gasteiger partial charge in [0.1, 0.15) is 12.1 Å². The van der Waals surface area contributed by atoms with Gasteiger partial charge in [0.2, 0.25) is 0 Å². The predicted octanol–water partition coefficient (Wildman–Crippen LogP) is -1.22. The van der Waals surface area contributed by atoms with E-state index in [2.05, 4.69) is 21.3 Å². The lowest BCUT2D eigenvalue weighted by atomic mass is 10.3. The Balaban J connectivity index is 1.64. The smallest absolute Gasteiger partial charge is 0.322 e. The number of imide groups is 2. The molecule has 1 unspecified atom stereocenters. The predicted molar refractivity (Wildman–Crippen MR) is 65.8 cm³/mol. The van der Waals surface area contributed by atoms with Gasteiger partial charge in [-0.25, -0.2) is 9.59 Å². The van der Waals surface area contributed by atoms with Crippen LogP contribution in [0, 0.1) is 0 Å². The molecule has 2 aliphatic rings. The highest BCUT2D eigenvalue weighted by molar-refractivity contribution is 8.76. The molecule has 8 nitrogen and oxygen atoms in total. The molecule has 6 amide bonds. The zero-order valence-corrected chi connectivity index (χ0v) is 10.7. The lowest BCUT2D eigenvalue weighted by Crippen LogP contribution is -2.32. The van der Waals surface area contributed by atoms with E-state index in [0.717, 1.165) is 0 Å². The second-order valence-corrected chi connectivity index (χ2v) is 6.15. The van der Waals surface area contributed by atoms with Crippen LogP contribution in [0.3, 0.4) is 0 Å². The van der Waals surface area contributed by atoms with Crippen LogP contribution >= 0.6 is 21.6 Å². The van der Waals surface area contributed by atoms with Crippen molar-refractivity contribution >= 4 is 45.5 Å². The molecule has 2 aliphatic heterocycles. The van der Waals surface area contributed by atoms with Crippen LogP contribution in [0.2, 0.25) is 0 Å². The van der Waals surface area contributed by atoms with Crippen molar-refractivity contribution in [3.05, 3.63) is 0 Å². The van der Waals surface area contributed by atoms with Crippen molar-refractivity contribution in [2.24, 2.45) is 0 Å². The standard InChI is InChI=1S/C8H10N4O4S2/c13-5-3(9-7(15)11-5)1-17-18-2-4-6(14)12-8(16)10-4/h3-4H,1-2H2,(H2,9,11,13,15)(H2,10,12,14,16)/t3-,4?/m0/s1. The van der Waals surface area contributed by atoms with Crippen LogP contribution in [0.4, 0.5) is 9.59 Å². The summed E-state index contributed by atoms with van der Waals surface area (Å²) in [4.78, 5) is 44.0. The molecule has 98 valence electrons. The molecule has 0 radical (unpaired) electrons. The zero-order valence-electron chi connectivity index (χ0n) is 9.02. The molecule has 18 heavy (non-hydrogen) atoms. The molecule has 10 heteroatoms. The van der Waals surface area contributed by atoms with Crippen LogP contribution in [0.25, 0.3) is 0 Å². The first-order valence-electron chi connectivity index (χ1n) is 5.03. The molecule has 0 aromatic rings. The van der Waals surface area contributed by atoms with E-state index in [9.17, 15) is 19.2 Å². The summed E-state index contributed by atoms with van der Waals surface area (Å²) in [7, 11) is 2.71. The summed E-state index contributed by atoms with van der Waals surface area (Å²) in [6, 6.07) is -2.06. The van der Waals surface area contributed by atoms with Crippen molar-refractivity contribution in [2.75, 3.05) is 11.5 Å². The highest BCUT2D eigenvalue weighted by Crippen LogP contribution is 2.24. The maximum Gasteiger partial charge on any atom is 0.322 e. The fraction of sp³-hybridized carbons (Fsp3) is 0.500. The Morgan fingerprint density at radius 1 is 0.778 bits per heavy atom. The molecule has 0 aliphatic carbocycles. The number of carbonyl (C=O) groups excluding carboxylic acids is 4. The van der Waals surface area contributed by atoms with Crippen molar-refractivity contribution in [3.63, 3.8) is 0 Å². The molecule has 2 heterocycles. The maximum atomic E-state index is 11.2. The van der Waals surface area contributed by atoms with Crippen LogP contribution in [0.15, 0.2) is 0 Å². The third-order valence-electron chi connectivity index (χ3n) is 2.27. The van der Waals surface area contributed by atoms with Crippen LogP contribution in [0.5, 0.6) is 0 Å². The van der Waals surface area contributed by atoms with Gasteiger partial charge in [0.15, 0.2) is 0 Å². The Labute approximate surface area is 110 Å². The minimum absolute atomic E-state index is 0.347. The van der Waals surface area contributed by atoms with Crippen molar-refractivity contribution in [3.8, 4) is 0 Å². The van der Waals surface area contributed by atoms with E-state index in [4.69, 9.17) is 0 Å². The molecule has 0 bridgehead atoms. The van der Waals surface area contributed by atoms with E-state index < -0.39 is 24.1 Å². The lowest BCUT2D eigenvalue weighted by molar-refractivity contribution is -0.120. The fourth-order valence-electron chi connectivity index (χ4n) is 1.38. The minimum atomic E-state index is -0.540. The Bertz CT molecular complexity index is 378. The number of carbonyl (C=O) groups is 4. The summed E-state index contributed by atoms with van der Waals surface area (Å²) < 4.78 is 0. The van der Waals surface area contributed by atoms with Gasteiger partial charge < -0.3 is 10.6 Å². The second-order valence-electron chi connectivity index (χ2n) is 3.60. The molecule has 0 spiro atoms. The SMILES string of the molecule is O=C1NC(=O)C(CSSC[C@@H]2NC(=O)NC2=O)N1. The Morgan fingerprint density at radius 3 is 1.44 bits per heavy atom. The van der Waals surface area contributed by atoms with Gasteiger partial charge >= 0.3 is 12.1 Å². The summed E-state index contributed by atoms with van der Waals surface area (Å²) >= 11 is 0. The second kappa shape index (κ2) is 5.48. The average molecular weight is 290 g/mol. The normalized spacial score (nSPS) is 26.7. The number of hydrogen-bond acceptors (Lipinski definition) is 6. The van der Waals surface area contributed by atoms with Crippen LogP contribution in [-0.2, 0) is 9.59 Å². The fourth-order valence-corrected chi connectivity index (χ4v) is 3.71. The third kappa shape index (κ3) is 3.07. The van der Waals surface area contributed by atoms with Crippen molar-refractivity contribution in [1.82, 2.24) is 21.3 Å². The summed E-state index contributed by atoms with van der Waals surface area (Å²) in [6.07, 6.45) is 0. The monoisotopic (exact) mass is 290 g/mol. The first-order valence-corrected chi connectivity index (χ1v) is 7.52. The summed E-state index contributed by atoms with van der Waals surface area (Å²) in [5.41, 5.74) is 0. The molecular weight excluding hydrogens is 280 g/mol. The maximum absolute atomic E-state index is 11.2. The molecule has 4 N–H and O–H groups in total. The third-order valence-corrected chi connectivity index (χ3v) is 4.69. The highest BCUT2D eigenvalue weighted by atomic mass is 33.1. The summed E-state index contributed by atoms with van der Waals surface area (Å²) in [5, 5.41) is 9.19. The topological polar surface area (TPSA) is 116 Å². The van der Waals surface area contributed by atoms with Crippen LogP contribution < -0.4 is 21.3 Å². The van der Waals surface area contributed by atoms with E-state index in [0.29, 0.717) is 11.5 Å². The number of urea groups is 2. The summed E-state index contributed by atoms with van der Waals surface area (Å²) in [6.45, 7) is 0. The van der Waals surface area contributed by atoms with E-state index in [1.807, 2.05) is 0 Å². The number of nitrogens with one attached hydrogen (secondary N) is 4. The van der Waals surface area contributed by atoms with Gasteiger partial charge in [-0.3, -0.25) is 20.2 Å². The van der Waals surface area contributed by atoms with Gasteiger partial charge in [0, 0.05) is 11.5 Å². The molecule has 0 aromatic heterocycles. The average Bonchev–Trinajstić information content (AvgIpc) is 2.77. The first kappa shape index (κ1) is 13.0. The largest absolute Gasteiger partial charge is 0.325 e. The van der Waals surface area contributed by atoms with Crippen molar-refractivity contribution < 1.29 is 19.2 Å². The van der Waals surface area contributed by atoms with E-state index in [1.165, 1.54) is 21.6 Å². The van der Waals surface area contributed by atoms with E-state index in [1.54, 1.807) is 0 Å². The minimum Gasteiger partial charge on any atom is -0.325 e. The van der Waals surface area contributed by atoms with E-state index >= 15 is 0 Å². The zero-order chi connectivity index (χ0) is 13.1. The number of amides is 6. The van der Waals surface area contributed by atoms with Gasteiger partial charge in [-0.15, -0.1) is 0 Å². The quantitative estimate of drug-likeness (QED) is 0.287. The van der Waals surface area contributed by atoms with Gasteiger partial charge in [-0.05, 0) is 0 Å².